The van der Waals surface area contributed by atoms with Crippen LogP contribution < -0.4 is 0 Å². The van der Waals surface area contributed by atoms with Gasteiger partial charge in [-0.15, -0.1) is 0 Å². The van der Waals surface area contributed by atoms with E-state index in [1.165, 1.54) is 93.3 Å². The summed E-state index contributed by atoms with van der Waals surface area (Å²) in [4.78, 5) is 0. The van der Waals surface area contributed by atoms with Crippen LogP contribution in [0.2, 0.25) is 0 Å². The van der Waals surface area contributed by atoms with Gasteiger partial charge in [0, 0.05) is 0 Å². The minimum absolute atomic E-state index is 0.329. The number of thiophene rings is 2. The first-order valence-corrected chi connectivity index (χ1v) is 19.2. The SMILES string of the molecule is c1cc2cc3cc4cc5c(cc4cc3cc2s1)[se]c1cc2c(cc15)[se]c1cc3cc4cc5sccc5cc4cc3cc12. The molecule has 4 aromatic heterocycles. The van der Waals surface area contributed by atoms with Crippen LogP contribution >= 0.6 is 22.7 Å². The molecule has 7 aromatic carbocycles. The molecule has 0 atom stereocenters. The van der Waals surface area contributed by atoms with E-state index in [0.29, 0.717) is 29.0 Å². The first-order chi connectivity index (χ1) is 20.7. The van der Waals surface area contributed by atoms with Crippen molar-refractivity contribution in [3.63, 3.8) is 0 Å². The Morgan fingerprint density at radius 2 is 0.643 bits per heavy atom. The minimum atomic E-state index is 0.329. The summed E-state index contributed by atoms with van der Waals surface area (Å²) in [6, 6.07) is 38.5. The Balaban J connectivity index is 1.15. The Morgan fingerprint density at radius 3 is 1.12 bits per heavy atom. The van der Waals surface area contributed by atoms with Gasteiger partial charge in [0.05, 0.1) is 0 Å². The van der Waals surface area contributed by atoms with Crippen LogP contribution in [0.1, 0.15) is 0 Å². The van der Waals surface area contributed by atoms with Crippen molar-refractivity contribution in [2.24, 2.45) is 0 Å². The molecule has 0 aliphatic carbocycles. The van der Waals surface area contributed by atoms with Crippen LogP contribution in [0.15, 0.2) is 108 Å². The second-order valence-corrected chi connectivity index (χ2v) is 17.9. The zero-order valence-electron chi connectivity index (χ0n) is 22.0. The summed E-state index contributed by atoms with van der Waals surface area (Å²) in [5.74, 6) is 0. The van der Waals surface area contributed by atoms with E-state index in [0.717, 1.165) is 0 Å². The van der Waals surface area contributed by atoms with Crippen LogP contribution in [0, 0.1) is 0 Å². The van der Waals surface area contributed by atoms with Crippen LogP contribution in [0.5, 0.6) is 0 Å². The molecule has 194 valence electrons. The third-order valence-electron chi connectivity index (χ3n) is 9.03. The van der Waals surface area contributed by atoms with Gasteiger partial charge in [0.1, 0.15) is 0 Å². The van der Waals surface area contributed by atoms with Gasteiger partial charge in [0.25, 0.3) is 0 Å². The summed E-state index contributed by atoms with van der Waals surface area (Å²) in [6.45, 7) is 0. The molecule has 0 spiro atoms. The van der Waals surface area contributed by atoms with E-state index in [1.807, 2.05) is 22.7 Å². The summed E-state index contributed by atoms with van der Waals surface area (Å²) < 4.78 is 8.89. The Labute approximate surface area is 259 Å². The number of rotatable bonds is 0. The number of fused-ring (bicyclic) bond motifs is 12. The summed E-state index contributed by atoms with van der Waals surface area (Å²) in [7, 11) is 0. The second-order valence-electron chi connectivity index (χ2n) is 11.5. The van der Waals surface area contributed by atoms with E-state index in [2.05, 4.69) is 108 Å². The molecule has 11 aromatic rings. The molecule has 0 nitrogen and oxygen atoms in total. The molecule has 4 heteroatoms. The average molecular weight is 697 g/mol. The molecule has 42 heavy (non-hydrogen) atoms. The first kappa shape index (κ1) is 23.1. The maximum absolute atomic E-state index is 2.55. The third-order valence-corrected chi connectivity index (χ3v) is 15.5. The molecule has 0 saturated carbocycles. The van der Waals surface area contributed by atoms with Crippen molar-refractivity contribution in [3.8, 4) is 0 Å². The molecule has 0 amide bonds. The standard InChI is InChI=1S/C38H18S2Se2/c1-3-39-33-13-25-9-27-15-35-29(11-23(27)7-21(25)5-19(1)33)31-17-38-32(18-37(31)41-35)30-12-24-8-22-6-20-2-4-40-34(20)14-26(22)10-28(24)16-36(30)42-38/h1-18H. The van der Waals surface area contributed by atoms with E-state index < -0.39 is 0 Å². The van der Waals surface area contributed by atoms with Crippen molar-refractivity contribution < 1.29 is 0 Å². The van der Waals surface area contributed by atoms with Crippen LogP contribution in [-0.4, -0.2) is 29.0 Å². The van der Waals surface area contributed by atoms with Gasteiger partial charge in [-0.05, 0) is 0 Å². The van der Waals surface area contributed by atoms with E-state index in [1.54, 1.807) is 8.52 Å². The van der Waals surface area contributed by atoms with Gasteiger partial charge in [0.2, 0.25) is 0 Å². The second kappa shape index (κ2) is 8.13. The van der Waals surface area contributed by atoms with Crippen molar-refractivity contribution in [1.29, 1.82) is 0 Å². The Morgan fingerprint density at radius 1 is 0.310 bits per heavy atom. The van der Waals surface area contributed by atoms with Gasteiger partial charge in [-0.2, -0.15) is 0 Å². The van der Waals surface area contributed by atoms with Crippen molar-refractivity contribution >= 4 is 154 Å². The average Bonchev–Trinajstić information content (AvgIpc) is 3.78. The molecule has 0 saturated heterocycles. The Hall–Kier alpha value is -3.46. The van der Waals surface area contributed by atoms with Gasteiger partial charge in [-0.3, -0.25) is 0 Å². The molecule has 0 unspecified atom stereocenters. The summed E-state index contributed by atoms with van der Waals surface area (Å²) >= 11 is 4.32. The Bertz CT molecular complexity index is 2760. The normalized spacial score (nSPS) is 12.8. The van der Waals surface area contributed by atoms with Gasteiger partial charge in [-0.25, -0.2) is 0 Å². The topological polar surface area (TPSA) is 0 Å². The number of hydrogen-bond acceptors (Lipinski definition) is 2. The van der Waals surface area contributed by atoms with Crippen LogP contribution in [0.25, 0.3) is 102 Å². The van der Waals surface area contributed by atoms with Crippen LogP contribution in [-0.2, 0) is 0 Å². The molecule has 0 bridgehead atoms. The monoisotopic (exact) mass is 698 g/mol. The molecule has 0 aliphatic heterocycles. The fraction of sp³-hybridized carbons (Fsp3) is 0. The maximum atomic E-state index is 2.55. The van der Waals surface area contributed by atoms with Gasteiger partial charge < -0.3 is 0 Å². The van der Waals surface area contributed by atoms with Crippen molar-refractivity contribution in [3.05, 3.63) is 108 Å². The molecule has 0 aliphatic rings. The van der Waals surface area contributed by atoms with Crippen molar-refractivity contribution in [2.75, 3.05) is 0 Å². The molecule has 0 N–H and O–H groups in total. The van der Waals surface area contributed by atoms with Crippen molar-refractivity contribution in [1.82, 2.24) is 0 Å². The van der Waals surface area contributed by atoms with E-state index in [4.69, 9.17) is 0 Å². The van der Waals surface area contributed by atoms with E-state index >= 15 is 0 Å². The zero-order valence-corrected chi connectivity index (χ0v) is 27.1. The van der Waals surface area contributed by atoms with Gasteiger partial charge in [-0.1, -0.05) is 0 Å². The predicted molar refractivity (Wildman–Crippen MR) is 191 cm³/mol. The fourth-order valence-electron chi connectivity index (χ4n) is 6.96. The molecular weight excluding hydrogens is 678 g/mol. The first-order valence-electron chi connectivity index (χ1n) is 14.0. The van der Waals surface area contributed by atoms with E-state index in [-0.39, 0.29) is 0 Å². The molecule has 0 radical (unpaired) electrons. The van der Waals surface area contributed by atoms with Crippen LogP contribution in [0.3, 0.4) is 0 Å². The number of hydrogen-bond donors (Lipinski definition) is 0. The molecule has 11 rings (SSSR count). The third kappa shape index (κ3) is 3.18. The van der Waals surface area contributed by atoms with Gasteiger partial charge in [0.15, 0.2) is 0 Å². The Kier molecular flexibility index (Phi) is 4.46. The molecule has 0 fully saturated rings. The summed E-state index contributed by atoms with van der Waals surface area (Å²) in [5.41, 5.74) is 0. The van der Waals surface area contributed by atoms with E-state index in [9.17, 15) is 0 Å². The van der Waals surface area contributed by atoms with Crippen molar-refractivity contribution in [2.45, 2.75) is 0 Å². The summed E-state index contributed by atoms with van der Waals surface area (Å²) in [5, 5.41) is 23.8. The van der Waals surface area contributed by atoms with Gasteiger partial charge >= 0.3 is 261 Å². The zero-order chi connectivity index (χ0) is 27.1. The summed E-state index contributed by atoms with van der Waals surface area (Å²) in [6.07, 6.45) is 0. The molecule has 4 heterocycles. The quantitative estimate of drug-likeness (QED) is 0.109. The fourth-order valence-corrected chi connectivity index (χ4v) is 13.5. The van der Waals surface area contributed by atoms with Crippen LogP contribution in [0.4, 0.5) is 0 Å². The number of benzene rings is 7. The predicted octanol–water partition coefficient (Wildman–Crippen LogP) is 11.5. The molecular formula is C38H18S2Se2.